The molecule has 0 aromatic heterocycles. The molecular formula is C5H12O4S2. The molecule has 68 valence electrons. The molecule has 4 nitrogen and oxygen atoms in total. The van der Waals surface area contributed by atoms with Gasteiger partial charge in [0.25, 0.3) is 0 Å². The maximum absolute atomic E-state index is 10.9. The minimum atomic E-state index is -3.25. The van der Waals surface area contributed by atoms with Gasteiger partial charge < -0.3 is 4.55 Å². The van der Waals surface area contributed by atoms with Gasteiger partial charge in [0.15, 0.2) is 20.9 Å². The van der Waals surface area contributed by atoms with Gasteiger partial charge in [0, 0.05) is 6.26 Å². The smallest absolute Gasteiger partial charge is 0.154 e. The first kappa shape index (κ1) is 11.1. The van der Waals surface area contributed by atoms with Crippen LogP contribution in [0.15, 0.2) is 0 Å². The summed E-state index contributed by atoms with van der Waals surface area (Å²) in [6.45, 7) is 2.85. The second-order valence-corrected chi connectivity index (χ2v) is 6.58. The summed E-state index contributed by atoms with van der Waals surface area (Å²) in [6.07, 6.45) is 1.06. The van der Waals surface area contributed by atoms with Gasteiger partial charge in [-0.3, -0.25) is 0 Å². The van der Waals surface area contributed by atoms with E-state index in [1.54, 1.807) is 0 Å². The van der Waals surface area contributed by atoms with E-state index in [2.05, 4.69) is 0 Å². The van der Waals surface area contributed by atoms with Crippen LogP contribution in [0, 0.1) is 0 Å². The van der Waals surface area contributed by atoms with Crippen molar-refractivity contribution in [1.82, 2.24) is 0 Å². The van der Waals surface area contributed by atoms with Crippen LogP contribution in [0.25, 0.3) is 0 Å². The minimum absolute atomic E-state index is 0.244. The van der Waals surface area contributed by atoms with E-state index in [1.807, 2.05) is 0 Å². The molecule has 0 aliphatic carbocycles. The molecule has 1 N–H and O–H groups in total. The maximum atomic E-state index is 10.9. The van der Waals surface area contributed by atoms with E-state index >= 15 is 0 Å². The fourth-order valence-electron chi connectivity index (χ4n) is 0.404. The van der Waals surface area contributed by atoms with Crippen molar-refractivity contribution in [2.24, 2.45) is 0 Å². The number of hydrogen-bond acceptors (Lipinski definition) is 3. The van der Waals surface area contributed by atoms with Crippen molar-refractivity contribution in [3.63, 3.8) is 0 Å². The van der Waals surface area contributed by atoms with Crippen LogP contribution in [0.5, 0.6) is 0 Å². The van der Waals surface area contributed by atoms with Gasteiger partial charge in [-0.15, -0.1) is 0 Å². The van der Waals surface area contributed by atoms with Gasteiger partial charge in [-0.2, -0.15) is 0 Å². The Bertz CT molecular complexity index is 252. The molecule has 1 atom stereocenters. The minimum Gasteiger partial charge on any atom is -0.306 e. The molecule has 0 bridgehead atoms. The van der Waals surface area contributed by atoms with Gasteiger partial charge >= 0.3 is 0 Å². The Labute approximate surface area is 69.2 Å². The Kier molecular flexibility index (Phi) is 3.22. The largest absolute Gasteiger partial charge is 0.306 e. The summed E-state index contributed by atoms with van der Waals surface area (Å²) < 4.78 is 39.5. The highest BCUT2D eigenvalue weighted by atomic mass is 32.2. The summed E-state index contributed by atoms with van der Waals surface area (Å²) in [5.74, 6) is -0.244. The Morgan fingerprint density at radius 1 is 1.45 bits per heavy atom. The van der Waals surface area contributed by atoms with Crippen molar-refractivity contribution in [3.05, 3.63) is 0 Å². The Hall–Kier alpha value is 0.0600. The second kappa shape index (κ2) is 3.20. The van der Waals surface area contributed by atoms with E-state index in [4.69, 9.17) is 4.55 Å². The van der Waals surface area contributed by atoms with Crippen LogP contribution < -0.4 is 0 Å². The normalized spacial score (nSPS) is 16.4. The summed E-state index contributed by atoms with van der Waals surface area (Å²) in [7, 11) is -3.25. The molecule has 11 heavy (non-hydrogen) atoms. The standard InChI is InChI=1S/C5H12O4S2/c1-5(2,4-10(6)7)11(3,8)9/h4H2,1-3H3,(H,6,7). The number of rotatable bonds is 3. The predicted molar refractivity (Wildman–Crippen MR) is 44.6 cm³/mol. The van der Waals surface area contributed by atoms with Crippen molar-refractivity contribution in [1.29, 1.82) is 0 Å². The van der Waals surface area contributed by atoms with Crippen LogP contribution in [0.3, 0.4) is 0 Å². The molecule has 6 heteroatoms. The Balaban J connectivity index is 4.62. The quantitative estimate of drug-likeness (QED) is 0.652. The van der Waals surface area contributed by atoms with Crippen molar-refractivity contribution in [2.45, 2.75) is 18.6 Å². The van der Waals surface area contributed by atoms with Gasteiger partial charge in [-0.25, -0.2) is 12.6 Å². The molecule has 0 spiro atoms. The molecule has 0 saturated carbocycles. The fraction of sp³-hybridized carbons (Fsp3) is 1.00. The lowest BCUT2D eigenvalue weighted by Gasteiger charge is -2.19. The Morgan fingerprint density at radius 3 is 1.91 bits per heavy atom. The van der Waals surface area contributed by atoms with Crippen LogP contribution in [-0.4, -0.2) is 33.9 Å². The summed E-state index contributed by atoms with van der Waals surface area (Å²) in [5.41, 5.74) is 0. The predicted octanol–water partition coefficient (Wildman–Crippen LogP) is 0.0313. The third-order valence-corrected chi connectivity index (χ3v) is 4.78. The summed E-state index contributed by atoms with van der Waals surface area (Å²) >= 11 is -2.06. The lowest BCUT2D eigenvalue weighted by Crippen LogP contribution is -2.36. The Morgan fingerprint density at radius 2 is 1.82 bits per heavy atom. The molecule has 0 heterocycles. The van der Waals surface area contributed by atoms with E-state index in [9.17, 15) is 12.6 Å². The topological polar surface area (TPSA) is 71.4 Å². The molecule has 0 radical (unpaired) electrons. The van der Waals surface area contributed by atoms with Crippen LogP contribution in [0.2, 0.25) is 0 Å². The maximum Gasteiger partial charge on any atom is 0.154 e. The van der Waals surface area contributed by atoms with E-state index in [0.717, 1.165) is 6.26 Å². The molecule has 0 fully saturated rings. The molecule has 0 saturated heterocycles. The van der Waals surface area contributed by atoms with Gasteiger partial charge in [-0.1, -0.05) is 0 Å². The second-order valence-electron chi connectivity index (χ2n) is 3.00. The fourth-order valence-corrected chi connectivity index (χ4v) is 2.16. The summed E-state index contributed by atoms with van der Waals surface area (Å²) in [4.78, 5) is 0. The van der Waals surface area contributed by atoms with Gasteiger partial charge in [0.05, 0.1) is 10.5 Å². The highest BCUT2D eigenvalue weighted by Crippen LogP contribution is 2.15. The highest BCUT2D eigenvalue weighted by molar-refractivity contribution is 7.93. The third-order valence-electron chi connectivity index (χ3n) is 1.47. The highest BCUT2D eigenvalue weighted by Gasteiger charge is 2.31. The van der Waals surface area contributed by atoms with E-state index in [-0.39, 0.29) is 5.75 Å². The third kappa shape index (κ3) is 3.31. The van der Waals surface area contributed by atoms with Crippen LogP contribution in [0.4, 0.5) is 0 Å². The van der Waals surface area contributed by atoms with Crippen molar-refractivity contribution < 1.29 is 17.2 Å². The van der Waals surface area contributed by atoms with E-state index < -0.39 is 25.7 Å². The first-order valence-electron chi connectivity index (χ1n) is 2.94. The monoisotopic (exact) mass is 200 g/mol. The van der Waals surface area contributed by atoms with Gasteiger partial charge in [0.2, 0.25) is 0 Å². The molecule has 0 aliphatic rings. The molecule has 0 rings (SSSR count). The molecule has 1 unspecified atom stereocenters. The first-order valence-corrected chi connectivity index (χ1v) is 6.10. The summed E-state index contributed by atoms with van der Waals surface area (Å²) in [6, 6.07) is 0. The van der Waals surface area contributed by atoms with Gasteiger partial charge in [-0.05, 0) is 13.8 Å². The van der Waals surface area contributed by atoms with Crippen molar-refractivity contribution in [2.75, 3.05) is 12.0 Å². The zero-order valence-corrected chi connectivity index (χ0v) is 8.33. The molecule has 0 aromatic rings. The molecule has 0 amide bonds. The van der Waals surface area contributed by atoms with Crippen LogP contribution in [-0.2, 0) is 20.9 Å². The lowest BCUT2D eigenvalue weighted by atomic mass is 10.2. The van der Waals surface area contributed by atoms with E-state index in [1.165, 1.54) is 13.8 Å². The first-order chi connectivity index (χ1) is 4.67. The van der Waals surface area contributed by atoms with Crippen LogP contribution >= 0.6 is 0 Å². The van der Waals surface area contributed by atoms with Gasteiger partial charge in [0.1, 0.15) is 0 Å². The SMILES string of the molecule is CC(C)(CS(=O)O)S(C)(=O)=O. The van der Waals surface area contributed by atoms with Crippen molar-refractivity contribution >= 4 is 20.9 Å². The summed E-state index contributed by atoms with van der Waals surface area (Å²) in [5, 5.41) is 0. The lowest BCUT2D eigenvalue weighted by molar-refractivity contribution is 0.539. The van der Waals surface area contributed by atoms with Crippen molar-refractivity contribution in [3.8, 4) is 0 Å². The number of hydrogen-bond donors (Lipinski definition) is 1. The van der Waals surface area contributed by atoms with E-state index in [0.29, 0.717) is 0 Å². The molecule has 0 aliphatic heterocycles. The van der Waals surface area contributed by atoms with Crippen LogP contribution in [0.1, 0.15) is 13.8 Å². The average molecular weight is 200 g/mol. The average Bonchev–Trinajstić information content (AvgIpc) is 1.56. The molecule has 0 aromatic carbocycles. The zero-order chi connectivity index (χ0) is 9.28. The molecular weight excluding hydrogens is 188 g/mol. The number of sulfone groups is 1. The zero-order valence-electron chi connectivity index (χ0n) is 6.70.